The van der Waals surface area contributed by atoms with E-state index in [0.29, 0.717) is 38.4 Å². The quantitative estimate of drug-likeness (QED) is 0.432. The number of thiophene rings is 1. The van der Waals surface area contributed by atoms with E-state index >= 15 is 0 Å². The molecule has 0 aliphatic carbocycles. The van der Waals surface area contributed by atoms with Gasteiger partial charge in [-0.05, 0) is 64.5 Å². The first-order chi connectivity index (χ1) is 17.3. The zero-order chi connectivity index (χ0) is 25.8. The van der Waals surface area contributed by atoms with Gasteiger partial charge in [-0.15, -0.1) is 11.3 Å². The van der Waals surface area contributed by atoms with Crippen LogP contribution in [-0.4, -0.2) is 79.7 Å². The fourth-order valence-electron chi connectivity index (χ4n) is 4.73. The number of rotatable bonds is 8. The number of pyridine rings is 1. The zero-order valence-electron chi connectivity index (χ0n) is 21.5. The number of piperazine rings is 1. The topological polar surface area (TPSA) is 75.1 Å². The van der Waals surface area contributed by atoms with E-state index in [2.05, 4.69) is 9.80 Å². The summed E-state index contributed by atoms with van der Waals surface area (Å²) in [5, 5.41) is 2.76. The molecule has 1 aromatic carbocycles. The van der Waals surface area contributed by atoms with E-state index in [4.69, 9.17) is 4.74 Å². The molecule has 0 radical (unpaired) electrons. The molecule has 8 nitrogen and oxygen atoms in total. The minimum Gasteiger partial charge on any atom is -0.462 e. The van der Waals surface area contributed by atoms with Crippen LogP contribution in [0.5, 0.6) is 0 Å². The van der Waals surface area contributed by atoms with Crippen LogP contribution in [-0.2, 0) is 11.3 Å². The molecular formula is C27H34N4O4S. The van der Waals surface area contributed by atoms with E-state index in [0.717, 1.165) is 34.3 Å². The lowest BCUT2D eigenvalue weighted by Crippen LogP contribution is -2.49. The molecule has 1 fully saturated rings. The normalized spacial score (nSPS) is 14.0. The molecular weight excluding hydrogens is 476 g/mol. The molecule has 1 amide bonds. The van der Waals surface area contributed by atoms with E-state index < -0.39 is 5.97 Å². The van der Waals surface area contributed by atoms with Crippen LogP contribution in [0, 0.1) is 6.92 Å². The Balaban J connectivity index is 1.76. The third-order valence-electron chi connectivity index (χ3n) is 6.48. The lowest BCUT2D eigenvalue weighted by molar-refractivity contribution is 0.0523. The third-order valence-corrected chi connectivity index (χ3v) is 7.33. The summed E-state index contributed by atoms with van der Waals surface area (Å²) in [4.78, 5) is 46.6. The molecule has 1 aliphatic rings. The molecule has 9 heteroatoms. The van der Waals surface area contributed by atoms with E-state index in [1.54, 1.807) is 11.5 Å². The van der Waals surface area contributed by atoms with Gasteiger partial charge in [0, 0.05) is 38.1 Å². The van der Waals surface area contributed by atoms with Crippen LogP contribution in [0.4, 0.5) is 5.69 Å². The second-order valence-electron chi connectivity index (χ2n) is 9.33. The fourth-order valence-corrected chi connectivity index (χ4v) is 5.42. The van der Waals surface area contributed by atoms with Crippen molar-refractivity contribution in [2.45, 2.75) is 26.8 Å². The number of aryl methyl sites for hydroxylation is 2. The molecule has 0 N–H and O–H groups in total. The standard InChI is InChI=1S/C27H34N4O4S/c1-5-35-27(34)23-24(29-13-15-30(16-14-29)25(32)22-8-6-17-36-22)20-18-19(2)9-10-21(20)31(26(23)33)12-7-11-28(3)4/h6,8-10,17-18H,5,7,11-16H2,1-4H3. The SMILES string of the molecule is CCOC(=O)c1c(N2CCN(C(=O)c3cccs3)CC2)c2cc(C)ccc2n(CCCN(C)C)c1=O. The van der Waals surface area contributed by atoms with Gasteiger partial charge < -0.3 is 24.0 Å². The average molecular weight is 511 g/mol. The summed E-state index contributed by atoms with van der Waals surface area (Å²) in [5.41, 5.74) is 2.23. The van der Waals surface area contributed by atoms with Crippen molar-refractivity contribution >= 4 is 39.8 Å². The molecule has 1 saturated heterocycles. The number of hydrogen-bond donors (Lipinski definition) is 0. The largest absolute Gasteiger partial charge is 0.462 e. The highest BCUT2D eigenvalue weighted by Gasteiger charge is 2.30. The minimum atomic E-state index is -0.598. The highest BCUT2D eigenvalue weighted by molar-refractivity contribution is 7.12. The molecule has 36 heavy (non-hydrogen) atoms. The van der Waals surface area contributed by atoms with Gasteiger partial charge in [-0.2, -0.15) is 0 Å². The van der Waals surface area contributed by atoms with Crippen molar-refractivity contribution in [3.63, 3.8) is 0 Å². The summed E-state index contributed by atoms with van der Waals surface area (Å²) in [6.07, 6.45) is 0.779. The average Bonchev–Trinajstić information content (AvgIpc) is 3.39. The van der Waals surface area contributed by atoms with Gasteiger partial charge in [0.2, 0.25) is 0 Å². The predicted octanol–water partition coefficient (Wildman–Crippen LogP) is 3.46. The van der Waals surface area contributed by atoms with E-state index in [-0.39, 0.29) is 23.6 Å². The number of esters is 1. The maximum atomic E-state index is 13.8. The molecule has 0 spiro atoms. The Hall–Kier alpha value is -3.17. The van der Waals surface area contributed by atoms with Gasteiger partial charge in [0.05, 0.1) is 22.7 Å². The number of amides is 1. The first kappa shape index (κ1) is 25.9. The van der Waals surface area contributed by atoms with E-state index in [1.807, 2.05) is 61.6 Å². The van der Waals surface area contributed by atoms with Crippen molar-refractivity contribution in [3.05, 3.63) is 62.1 Å². The molecule has 2 aromatic heterocycles. The van der Waals surface area contributed by atoms with Gasteiger partial charge in [-0.1, -0.05) is 17.7 Å². The third kappa shape index (κ3) is 5.32. The van der Waals surface area contributed by atoms with Crippen LogP contribution in [0.1, 0.15) is 38.9 Å². The molecule has 3 aromatic rings. The maximum absolute atomic E-state index is 13.8. The molecule has 0 saturated carbocycles. The summed E-state index contributed by atoms with van der Waals surface area (Å²) in [6.45, 7) is 7.35. The molecule has 192 valence electrons. The Labute approximate surface area is 215 Å². The van der Waals surface area contributed by atoms with E-state index in [1.165, 1.54) is 11.3 Å². The van der Waals surface area contributed by atoms with E-state index in [9.17, 15) is 14.4 Å². The second-order valence-corrected chi connectivity index (χ2v) is 10.3. The fraction of sp³-hybridized carbons (Fsp3) is 0.444. The summed E-state index contributed by atoms with van der Waals surface area (Å²) >= 11 is 1.44. The number of hydrogen-bond acceptors (Lipinski definition) is 7. The summed E-state index contributed by atoms with van der Waals surface area (Å²) < 4.78 is 7.09. The van der Waals surface area contributed by atoms with Crippen LogP contribution in [0.3, 0.4) is 0 Å². The lowest BCUT2D eigenvalue weighted by atomic mass is 10.0. The Bertz CT molecular complexity index is 1290. The second kappa shape index (κ2) is 11.3. The first-order valence-corrected chi connectivity index (χ1v) is 13.3. The van der Waals surface area contributed by atoms with Crippen LogP contribution in [0.15, 0.2) is 40.5 Å². The molecule has 1 aliphatic heterocycles. The van der Waals surface area contributed by atoms with Crippen molar-refractivity contribution in [2.75, 3.05) is 58.3 Å². The maximum Gasteiger partial charge on any atom is 0.345 e. The van der Waals surface area contributed by atoms with Crippen LogP contribution in [0.25, 0.3) is 10.9 Å². The Morgan fingerprint density at radius 1 is 1.11 bits per heavy atom. The molecule has 0 bridgehead atoms. The number of aromatic nitrogens is 1. The van der Waals surface area contributed by atoms with Gasteiger partial charge in [-0.3, -0.25) is 9.59 Å². The number of anilines is 1. The lowest BCUT2D eigenvalue weighted by Gasteiger charge is -2.37. The predicted molar refractivity (Wildman–Crippen MR) is 145 cm³/mol. The number of nitrogens with zero attached hydrogens (tertiary/aromatic N) is 4. The molecule has 4 rings (SSSR count). The highest BCUT2D eigenvalue weighted by Crippen LogP contribution is 2.32. The molecule has 0 atom stereocenters. The van der Waals surface area contributed by atoms with Crippen molar-refractivity contribution < 1.29 is 14.3 Å². The van der Waals surface area contributed by atoms with Crippen molar-refractivity contribution in [1.29, 1.82) is 0 Å². The van der Waals surface area contributed by atoms with Crippen LogP contribution in [0.2, 0.25) is 0 Å². The summed E-state index contributed by atoms with van der Waals surface area (Å²) in [7, 11) is 4.00. The number of ether oxygens (including phenoxy) is 1. The highest BCUT2D eigenvalue weighted by atomic mass is 32.1. The first-order valence-electron chi connectivity index (χ1n) is 12.4. The van der Waals surface area contributed by atoms with Gasteiger partial charge in [0.15, 0.2) is 0 Å². The van der Waals surface area contributed by atoms with Gasteiger partial charge in [0.1, 0.15) is 5.56 Å². The Morgan fingerprint density at radius 3 is 2.50 bits per heavy atom. The van der Waals surface area contributed by atoms with Crippen molar-refractivity contribution in [3.8, 4) is 0 Å². The Kier molecular flexibility index (Phi) is 8.11. The molecule has 0 unspecified atom stereocenters. The monoisotopic (exact) mass is 510 g/mol. The van der Waals surface area contributed by atoms with Crippen molar-refractivity contribution in [2.24, 2.45) is 0 Å². The van der Waals surface area contributed by atoms with Crippen molar-refractivity contribution in [1.82, 2.24) is 14.4 Å². The van der Waals surface area contributed by atoms with Gasteiger partial charge in [0.25, 0.3) is 11.5 Å². The number of carbonyl (C=O) groups excluding carboxylic acids is 2. The number of fused-ring (bicyclic) bond motifs is 1. The Morgan fingerprint density at radius 2 is 1.86 bits per heavy atom. The summed E-state index contributed by atoms with van der Waals surface area (Å²) in [6, 6.07) is 9.72. The number of benzene rings is 1. The van der Waals surface area contributed by atoms with Gasteiger partial charge in [-0.25, -0.2) is 4.79 Å². The van der Waals surface area contributed by atoms with Crippen LogP contribution < -0.4 is 10.5 Å². The summed E-state index contributed by atoms with van der Waals surface area (Å²) in [5.74, 6) is -0.577. The van der Waals surface area contributed by atoms with Crippen LogP contribution >= 0.6 is 11.3 Å². The van der Waals surface area contributed by atoms with Gasteiger partial charge >= 0.3 is 5.97 Å². The minimum absolute atomic E-state index is 0.0206. The number of carbonyl (C=O) groups is 2. The molecule has 3 heterocycles. The smallest absolute Gasteiger partial charge is 0.345 e. The zero-order valence-corrected chi connectivity index (χ0v) is 22.3.